The maximum Gasteiger partial charge on any atom is 0.193 e. The van der Waals surface area contributed by atoms with E-state index in [1.807, 2.05) is 0 Å². The Hall–Kier alpha value is -1.55. The summed E-state index contributed by atoms with van der Waals surface area (Å²) in [7, 11) is 2.15. The van der Waals surface area contributed by atoms with Crippen molar-refractivity contribution in [1.29, 1.82) is 0 Å². The molecule has 3 N–H and O–H groups in total. The van der Waals surface area contributed by atoms with E-state index >= 15 is 0 Å². The van der Waals surface area contributed by atoms with Gasteiger partial charge in [0.05, 0.1) is 0 Å². The molecule has 0 aromatic heterocycles. The van der Waals surface area contributed by atoms with Crippen molar-refractivity contribution in [2.45, 2.75) is 20.3 Å². The topological polar surface area (TPSA) is 53.6 Å². The van der Waals surface area contributed by atoms with Crippen LogP contribution in [0.3, 0.4) is 0 Å². The number of aryl methyl sites for hydroxylation is 2. The lowest BCUT2D eigenvalue weighted by Gasteiger charge is -2.10. The molecule has 1 aromatic carbocycles. The van der Waals surface area contributed by atoms with Crippen LogP contribution in [0.15, 0.2) is 23.2 Å². The maximum absolute atomic E-state index is 5.94. The molecule has 0 saturated carbocycles. The van der Waals surface area contributed by atoms with Crippen LogP contribution in [0, 0.1) is 19.8 Å². The van der Waals surface area contributed by atoms with Crippen molar-refractivity contribution >= 4 is 11.6 Å². The van der Waals surface area contributed by atoms with Gasteiger partial charge in [0.15, 0.2) is 5.96 Å². The number of rotatable bonds is 3. The summed E-state index contributed by atoms with van der Waals surface area (Å²) >= 11 is 0. The predicted octanol–water partition coefficient (Wildman–Crippen LogP) is 1.98. The third kappa shape index (κ3) is 4.24. The number of nitrogens with two attached hydrogens (primary N) is 1. The first-order chi connectivity index (χ1) is 9.02. The fraction of sp³-hybridized carbons (Fsp3) is 0.533. The lowest BCUT2D eigenvalue weighted by atomic mass is 10.1. The molecular formula is C15H24N4. The van der Waals surface area contributed by atoms with E-state index in [2.05, 4.69) is 54.3 Å². The van der Waals surface area contributed by atoms with Crippen LogP contribution < -0.4 is 11.1 Å². The maximum atomic E-state index is 5.94. The summed E-state index contributed by atoms with van der Waals surface area (Å²) in [5.41, 5.74) is 9.42. The Labute approximate surface area is 115 Å². The van der Waals surface area contributed by atoms with Crippen molar-refractivity contribution in [3.8, 4) is 0 Å². The summed E-state index contributed by atoms with van der Waals surface area (Å²) in [5, 5.41) is 3.17. The third-order valence-corrected chi connectivity index (χ3v) is 3.50. The van der Waals surface area contributed by atoms with Gasteiger partial charge in [-0.05, 0) is 63.0 Å². The van der Waals surface area contributed by atoms with E-state index in [9.17, 15) is 0 Å². The SMILES string of the molecule is Cc1cc(C)cc(NC(N)=NCC2CCN(C)C2)c1. The summed E-state index contributed by atoms with van der Waals surface area (Å²) in [4.78, 5) is 6.79. The van der Waals surface area contributed by atoms with Gasteiger partial charge in [-0.2, -0.15) is 0 Å². The molecule has 0 radical (unpaired) electrons. The molecule has 1 atom stereocenters. The van der Waals surface area contributed by atoms with Crippen LogP contribution in [0.2, 0.25) is 0 Å². The van der Waals surface area contributed by atoms with Crippen molar-refractivity contribution in [3.05, 3.63) is 29.3 Å². The Morgan fingerprint density at radius 2 is 2.05 bits per heavy atom. The molecule has 2 rings (SSSR count). The highest BCUT2D eigenvalue weighted by atomic mass is 15.1. The van der Waals surface area contributed by atoms with Crippen LogP contribution >= 0.6 is 0 Å². The number of guanidine groups is 1. The van der Waals surface area contributed by atoms with E-state index in [-0.39, 0.29) is 0 Å². The summed E-state index contributed by atoms with van der Waals surface area (Å²) in [5.74, 6) is 1.16. The zero-order valence-corrected chi connectivity index (χ0v) is 12.1. The molecule has 1 aliphatic heterocycles. The highest BCUT2D eigenvalue weighted by molar-refractivity contribution is 5.92. The van der Waals surface area contributed by atoms with Crippen LogP contribution in [0.1, 0.15) is 17.5 Å². The van der Waals surface area contributed by atoms with Gasteiger partial charge in [-0.25, -0.2) is 0 Å². The summed E-state index contributed by atoms with van der Waals surface area (Å²) in [6, 6.07) is 6.31. The summed E-state index contributed by atoms with van der Waals surface area (Å²) in [6.07, 6.45) is 1.22. The molecule has 1 fully saturated rings. The zero-order chi connectivity index (χ0) is 13.8. The standard InChI is InChI=1S/C15H24N4/c1-11-6-12(2)8-14(7-11)18-15(16)17-9-13-4-5-19(3)10-13/h6-8,13H,4-5,9-10H2,1-3H3,(H3,16,17,18). The van der Waals surface area contributed by atoms with Crippen LogP contribution in [0.5, 0.6) is 0 Å². The number of nitrogens with one attached hydrogen (secondary N) is 1. The van der Waals surface area contributed by atoms with Gasteiger partial charge >= 0.3 is 0 Å². The second-order valence-electron chi connectivity index (χ2n) is 5.64. The Bertz CT molecular complexity index is 447. The molecule has 1 heterocycles. The number of anilines is 1. The van der Waals surface area contributed by atoms with Crippen molar-refractivity contribution < 1.29 is 0 Å². The van der Waals surface area contributed by atoms with Crippen LogP contribution in [0.4, 0.5) is 5.69 Å². The Kier molecular flexibility index (Phi) is 4.43. The average Bonchev–Trinajstić information content (AvgIpc) is 2.71. The lowest BCUT2D eigenvalue weighted by molar-refractivity contribution is 0.397. The Morgan fingerprint density at radius 1 is 1.37 bits per heavy atom. The van der Waals surface area contributed by atoms with Gasteiger partial charge in [-0.15, -0.1) is 0 Å². The van der Waals surface area contributed by atoms with Crippen molar-refractivity contribution in [2.24, 2.45) is 16.6 Å². The number of likely N-dealkylation sites (tertiary alicyclic amines) is 1. The molecule has 0 aliphatic carbocycles. The molecule has 19 heavy (non-hydrogen) atoms. The van der Waals surface area contributed by atoms with Crippen molar-refractivity contribution in [3.63, 3.8) is 0 Å². The molecule has 0 bridgehead atoms. The van der Waals surface area contributed by atoms with E-state index in [1.54, 1.807) is 0 Å². The fourth-order valence-corrected chi connectivity index (χ4v) is 2.64. The van der Waals surface area contributed by atoms with Crippen LogP contribution in [0.25, 0.3) is 0 Å². The normalized spacial score (nSPS) is 20.8. The first-order valence-electron chi connectivity index (χ1n) is 6.86. The summed E-state index contributed by atoms with van der Waals surface area (Å²) in [6.45, 7) is 7.28. The van der Waals surface area contributed by atoms with E-state index in [0.29, 0.717) is 11.9 Å². The highest BCUT2D eigenvalue weighted by Gasteiger charge is 2.18. The van der Waals surface area contributed by atoms with E-state index < -0.39 is 0 Å². The minimum Gasteiger partial charge on any atom is -0.370 e. The molecule has 104 valence electrons. The number of nitrogens with zero attached hydrogens (tertiary/aromatic N) is 2. The molecule has 1 aromatic rings. The fourth-order valence-electron chi connectivity index (χ4n) is 2.64. The molecule has 1 aliphatic rings. The first-order valence-corrected chi connectivity index (χ1v) is 6.86. The van der Waals surface area contributed by atoms with Gasteiger partial charge < -0.3 is 16.0 Å². The van der Waals surface area contributed by atoms with Gasteiger partial charge in [-0.1, -0.05) is 6.07 Å². The van der Waals surface area contributed by atoms with Crippen molar-refractivity contribution in [1.82, 2.24) is 4.90 Å². The molecule has 4 nitrogen and oxygen atoms in total. The van der Waals surface area contributed by atoms with Crippen molar-refractivity contribution in [2.75, 3.05) is 32.0 Å². The Morgan fingerprint density at radius 3 is 2.63 bits per heavy atom. The Balaban J connectivity index is 1.90. The number of benzene rings is 1. The largest absolute Gasteiger partial charge is 0.370 e. The van der Waals surface area contributed by atoms with Gasteiger partial charge in [0.2, 0.25) is 0 Å². The zero-order valence-electron chi connectivity index (χ0n) is 12.1. The molecule has 1 saturated heterocycles. The van der Waals surface area contributed by atoms with E-state index in [1.165, 1.54) is 24.1 Å². The molecule has 0 spiro atoms. The average molecular weight is 260 g/mol. The lowest BCUT2D eigenvalue weighted by Crippen LogP contribution is -2.24. The molecule has 4 heteroatoms. The number of hydrogen-bond acceptors (Lipinski definition) is 2. The molecular weight excluding hydrogens is 236 g/mol. The van der Waals surface area contributed by atoms with Gasteiger partial charge in [0.25, 0.3) is 0 Å². The quantitative estimate of drug-likeness (QED) is 0.645. The van der Waals surface area contributed by atoms with Crippen LogP contribution in [-0.2, 0) is 0 Å². The second-order valence-corrected chi connectivity index (χ2v) is 5.64. The monoisotopic (exact) mass is 260 g/mol. The van der Waals surface area contributed by atoms with E-state index in [0.717, 1.165) is 18.8 Å². The summed E-state index contributed by atoms with van der Waals surface area (Å²) < 4.78 is 0. The van der Waals surface area contributed by atoms with Gasteiger partial charge in [-0.3, -0.25) is 4.99 Å². The number of hydrogen-bond donors (Lipinski definition) is 2. The van der Waals surface area contributed by atoms with Gasteiger partial charge in [0.1, 0.15) is 0 Å². The third-order valence-electron chi connectivity index (χ3n) is 3.50. The number of aliphatic imine (C=N–C) groups is 1. The molecule has 0 amide bonds. The highest BCUT2D eigenvalue weighted by Crippen LogP contribution is 2.15. The van der Waals surface area contributed by atoms with Crippen LogP contribution in [-0.4, -0.2) is 37.5 Å². The second kappa shape index (κ2) is 6.06. The first kappa shape index (κ1) is 13.9. The van der Waals surface area contributed by atoms with Gasteiger partial charge in [0, 0.05) is 18.8 Å². The molecule has 1 unspecified atom stereocenters. The minimum absolute atomic E-state index is 0.513. The predicted molar refractivity (Wildman–Crippen MR) is 81.6 cm³/mol. The van der Waals surface area contributed by atoms with E-state index in [4.69, 9.17) is 5.73 Å². The smallest absolute Gasteiger partial charge is 0.193 e. The minimum atomic E-state index is 0.513.